The van der Waals surface area contributed by atoms with Crippen LogP contribution in [0.2, 0.25) is 0 Å². The van der Waals surface area contributed by atoms with Crippen LogP contribution in [0, 0.1) is 0 Å². The summed E-state index contributed by atoms with van der Waals surface area (Å²) in [4.78, 5) is 9.22. The number of hydrogen-bond acceptors (Lipinski definition) is 3. The van der Waals surface area contributed by atoms with Gasteiger partial charge in [-0.1, -0.05) is 12.1 Å². The molecule has 0 unspecified atom stereocenters. The first-order valence-electron chi connectivity index (χ1n) is 7.36. The lowest BCUT2D eigenvalue weighted by Crippen LogP contribution is -2.02. The smallest absolute Gasteiger partial charge is 0.139 e. The highest BCUT2D eigenvalue weighted by Crippen LogP contribution is 2.16. The fourth-order valence-corrected chi connectivity index (χ4v) is 2.38. The van der Waals surface area contributed by atoms with Gasteiger partial charge in [-0.15, -0.1) is 0 Å². The van der Waals surface area contributed by atoms with E-state index in [4.69, 9.17) is 0 Å². The molecule has 5 heteroatoms. The Morgan fingerprint density at radius 1 is 0.565 bits per heavy atom. The standard InChI is InChI=1S/C18H15N5/c1-2-12-22(11-1)17-9-5-7-15(20-17)19-16-8-6-10-18(21-16)23-13-3-4-14-23/h1-14H,(H,19,20,21). The molecule has 0 aromatic carbocycles. The molecule has 0 bridgehead atoms. The molecule has 1 N–H and O–H groups in total. The van der Waals surface area contributed by atoms with Gasteiger partial charge in [-0.25, -0.2) is 9.97 Å². The van der Waals surface area contributed by atoms with Gasteiger partial charge in [0.1, 0.15) is 23.3 Å². The van der Waals surface area contributed by atoms with Gasteiger partial charge < -0.3 is 14.5 Å². The van der Waals surface area contributed by atoms with Crippen LogP contribution in [0.15, 0.2) is 85.5 Å². The van der Waals surface area contributed by atoms with Gasteiger partial charge in [-0.05, 0) is 48.5 Å². The molecule has 0 atom stereocenters. The first-order chi connectivity index (χ1) is 11.4. The predicted molar refractivity (Wildman–Crippen MR) is 90.4 cm³/mol. The Hall–Kier alpha value is -3.34. The van der Waals surface area contributed by atoms with E-state index in [9.17, 15) is 0 Å². The molecule has 0 saturated heterocycles. The Morgan fingerprint density at radius 2 is 1.00 bits per heavy atom. The second kappa shape index (κ2) is 5.81. The third-order valence-corrected chi connectivity index (χ3v) is 3.46. The van der Waals surface area contributed by atoms with Gasteiger partial charge in [0.05, 0.1) is 0 Å². The highest BCUT2D eigenvalue weighted by molar-refractivity contribution is 5.54. The maximum absolute atomic E-state index is 4.61. The van der Waals surface area contributed by atoms with E-state index in [1.54, 1.807) is 0 Å². The van der Waals surface area contributed by atoms with Crippen LogP contribution in [0.3, 0.4) is 0 Å². The quantitative estimate of drug-likeness (QED) is 0.623. The lowest BCUT2D eigenvalue weighted by molar-refractivity contribution is 1.000. The van der Waals surface area contributed by atoms with Crippen molar-refractivity contribution >= 4 is 11.6 Å². The van der Waals surface area contributed by atoms with Crippen molar-refractivity contribution in [3.63, 3.8) is 0 Å². The summed E-state index contributed by atoms with van der Waals surface area (Å²) in [6.07, 6.45) is 7.88. The summed E-state index contributed by atoms with van der Waals surface area (Å²) in [5, 5.41) is 3.26. The van der Waals surface area contributed by atoms with Gasteiger partial charge in [-0.2, -0.15) is 0 Å². The van der Waals surface area contributed by atoms with Crippen LogP contribution in [0.25, 0.3) is 11.6 Å². The predicted octanol–water partition coefficient (Wildman–Crippen LogP) is 3.80. The van der Waals surface area contributed by atoms with E-state index in [0.717, 1.165) is 23.3 Å². The minimum Gasteiger partial charge on any atom is -0.325 e. The molecule has 0 radical (unpaired) electrons. The summed E-state index contributed by atoms with van der Waals surface area (Å²) in [7, 11) is 0. The van der Waals surface area contributed by atoms with Gasteiger partial charge in [-0.3, -0.25) is 0 Å². The van der Waals surface area contributed by atoms with Crippen LogP contribution in [0.5, 0.6) is 0 Å². The van der Waals surface area contributed by atoms with E-state index in [1.165, 1.54) is 0 Å². The average molecular weight is 301 g/mol. The number of nitrogens with zero attached hydrogens (tertiary/aromatic N) is 4. The minimum atomic E-state index is 0.758. The van der Waals surface area contributed by atoms with Crippen molar-refractivity contribution in [2.24, 2.45) is 0 Å². The number of hydrogen-bond donors (Lipinski definition) is 1. The molecule has 0 aliphatic heterocycles. The highest BCUT2D eigenvalue weighted by atomic mass is 15.1. The zero-order chi connectivity index (χ0) is 15.5. The van der Waals surface area contributed by atoms with E-state index in [0.29, 0.717) is 0 Å². The van der Waals surface area contributed by atoms with Crippen LogP contribution in [0.4, 0.5) is 11.6 Å². The molecular formula is C18H15N5. The lowest BCUT2D eigenvalue weighted by Gasteiger charge is -2.09. The van der Waals surface area contributed by atoms with Crippen molar-refractivity contribution in [2.45, 2.75) is 0 Å². The van der Waals surface area contributed by atoms with Crippen LogP contribution in [-0.4, -0.2) is 19.1 Å². The van der Waals surface area contributed by atoms with Crippen LogP contribution >= 0.6 is 0 Å². The first-order valence-corrected chi connectivity index (χ1v) is 7.36. The lowest BCUT2D eigenvalue weighted by atomic mass is 10.4. The SMILES string of the molecule is c1cc(Nc2cccc(-n3cccc3)n2)nc(-n2cccc2)c1. The molecule has 0 spiro atoms. The molecule has 5 nitrogen and oxygen atoms in total. The Morgan fingerprint density at radius 3 is 1.43 bits per heavy atom. The van der Waals surface area contributed by atoms with Gasteiger partial charge in [0.2, 0.25) is 0 Å². The number of pyridine rings is 2. The maximum atomic E-state index is 4.61. The Balaban J connectivity index is 1.61. The molecule has 23 heavy (non-hydrogen) atoms. The maximum Gasteiger partial charge on any atom is 0.139 e. The molecule has 4 rings (SSSR count). The third kappa shape index (κ3) is 2.85. The van der Waals surface area contributed by atoms with E-state index in [2.05, 4.69) is 15.3 Å². The summed E-state index contributed by atoms with van der Waals surface area (Å²) >= 11 is 0. The molecule has 0 aliphatic rings. The molecular weight excluding hydrogens is 286 g/mol. The van der Waals surface area contributed by atoms with E-state index in [1.807, 2.05) is 94.6 Å². The van der Waals surface area contributed by atoms with Crippen molar-refractivity contribution in [1.82, 2.24) is 19.1 Å². The van der Waals surface area contributed by atoms with Crippen molar-refractivity contribution in [1.29, 1.82) is 0 Å². The van der Waals surface area contributed by atoms with E-state index in [-0.39, 0.29) is 0 Å². The van der Waals surface area contributed by atoms with Crippen LogP contribution < -0.4 is 5.32 Å². The summed E-state index contributed by atoms with van der Waals surface area (Å²) in [5.41, 5.74) is 0. The third-order valence-electron chi connectivity index (χ3n) is 3.46. The summed E-state index contributed by atoms with van der Waals surface area (Å²) in [5.74, 6) is 3.24. The van der Waals surface area contributed by atoms with Crippen LogP contribution in [-0.2, 0) is 0 Å². The molecule has 112 valence electrons. The molecule has 0 saturated carbocycles. The second-order valence-electron chi connectivity index (χ2n) is 5.07. The minimum absolute atomic E-state index is 0.758. The van der Waals surface area contributed by atoms with Crippen molar-refractivity contribution in [2.75, 3.05) is 5.32 Å². The van der Waals surface area contributed by atoms with Gasteiger partial charge in [0.25, 0.3) is 0 Å². The Bertz CT molecular complexity index is 819. The monoisotopic (exact) mass is 301 g/mol. The summed E-state index contributed by atoms with van der Waals surface area (Å²) in [6.45, 7) is 0. The van der Waals surface area contributed by atoms with Gasteiger partial charge in [0, 0.05) is 24.8 Å². The average Bonchev–Trinajstić information content (AvgIpc) is 3.29. The van der Waals surface area contributed by atoms with Gasteiger partial charge in [0.15, 0.2) is 0 Å². The Labute approximate surface area is 133 Å². The van der Waals surface area contributed by atoms with E-state index < -0.39 is 0 Å². The molecule has 0 aliphatic carbocycles. The molecule has 4 aromatic heterocycles. The zero-order valence-corrected chi connectivity index (χ0v) is 12.4. The number of aromatic nitrogens is 4. The van der Waals surface area contributed by atoms with Crippen molar-refractivity contribution in [3.05, 3.63) is 85.5 Å². The molecule has 0 amide bonds. The largest absolute Gasteiger partial charge is 0.325 e. The zero-order valence-electron chi connectivity index (χ0n) is 12.4. The highest BCUT2D eigenvalue weighted by Gasteiger charge is 2.03. The van der Waals surface area contributed by atoms with Gasteiger partial charge >= 0.3 is 0 Å². The second-order valence-corrected chi connectivity index (χ2v) is 5.07. The number of anilines is 2. The Kier molecular flexibility index (Phi) is 3.37. The van der Waals surface area contributed by atoms with E-state index >= 15 is 0 Å². The van der Waals surface area contributed by atoms with Crippen LogP contribution in [0.1, 0.15) is 0 Å². The molecule has 0 fully saturated rings. The van der Waals surface area contributed by atoms with Crippen molar-refractivity contribution in [3.8, 4) is 11.6 Å². The molecule has 4 heterocycles. The summed E-state index contributed by atoms with van der Waals surface area (Å²) in [6, 6.07) is 19.6. The number of nitrogens with one attached hydrogen (secondary N) is 1. The first kappa shape index (κ1) is 13.3. The normalized spacial score (nSPS) is 10.6. The summed E-state index contributed by atoms with van der Waals surface area (Å²) < 4.78 is 3.93. The fourth-order valence-electron chi connectivity index (χ4n) is 2.38. The topological polar surface area (TPSA) is 47.7 Å². The molecule has 4 aromatic rings. The van der Waals surface area contributed by atoms with Crippen molar-refractivity contribution < 1.29 is 0 Å². The fraction of sp³-hybridized carbons (Fsp3) is 0. The number of rotatable bonds is 4.